The minimum atomic E-state index is -4.68. The van der Waals surface area contributed by atoms with Gasteiger partial charge in [0, 0.05) is 19.3 Å². The van der Waals surface area contributed by atoms with E-state index in [0.717, 1.165) is 17.8 Å². The van der Waals surface area contributed by atoms with Crippen molar-refractivity contribution in [1.29, 1.82) is 0 Å². The largest absolute Gasteiger partial charge is 0.416 e. The van der Waals surface area contributed by atoms with E-state index in [1.54, 1.807) is 30.7 Å². The van der Waals surface area contributed by atoms with E-state index in [-0.39, 0.29) is 12.1 Å². The Balaban J connectivity index is 2.18. The van der Waals surface area contributed by atoms with Crippen molar-refractivity contribution in [3.05, 3.63) is 58.7 Å². The van der Waals surface area contributed by atoms with Crippen LogP contribution >= 0.6 is 0 Å². The molecule has 1 N–H and O–H groups in total. The molecule has 1 aromatic heterocycles. The van der Waals surface area contributed by atoms with Crippen LogP contribution in [0.4, 0.5) is 17.6 Å². The lowest BCUT2D eigenvalue weighted by atomic mass is 10.1. The number of alkyl halides is 3. The summed E-state index contributed by atoms with van der Waals surface area (Å²) >= 11 is 0. The number of benzene rings is 1. The fourth-order valence-corrected chi connectivity index (χ4v) is 2.07. The second-order valence-electron chi connectivity index (χ2n) is 4.90. The van der Waals surface area contributed by atoms with Crippen LogP contribution in [0.1, 0.15) is 27.3 Å². The highest BCUT2D eigenvalue weighted by atomic mass is 19.4. The van der Waals surface area contributed by atoms with Gasteiger partial charge in [-0.15, -0.1) is 0 Å². The molecule has 7 heteroatoms. The number of nitrogens with one attached hydrogen (secondary N) is 1. The van der Waals surface area contributed by atoms with Crippen molar-refractivity contribution in [3.8, 4) is 0 Å². The Morgan fingerprint density at radius 2 is 1.91 bits per heavy atom. The number of rotatable bonds is 3. The molecule has 0 aliphatic heterocycles. The Morgan fingerprint density at radius 3 is 2.45 bits per heavy atom. The number of halogens is 4. The number of nitrogens with zero attached hydrogens (tertiary/aromatic N) is 1. The second-order valence-corrected chi connectivity index (χ2v) is 4.90. The summed E-state index contributed by atoms with van der Waals surface area (Å²) in [5.41, 5.74) is -0.0832. The fourth-order valence-electron chi connectivity index (χ4n) is 2.07. The molecule has 0 aliphatic rings. The molecule has 2 aromatic rings. The first kappa shape index (κ1) is 16.1. The highest BCUT2D eigenvalue weighted by Gasteiger charge is 2.33. The van der Waals surface area contributed by atoms with Gasteiger partial charge >= 0.3 is 6.18 Å². The van der Waals surface area contributed by atoms with Gasteiger partial charge < -0.3 is 9.88 Å². The molecule has 0 fully saturated rings. The van der Waals surface area contributed by atoms with Crippen LogP contribution in [0.15, 0.2) is 30.3 Å². The molecule has 0 radical (unpaired) electrons. The number of hydrogen-bond donors (Lipinski definition) is 1. The van der Waals surface area contributed by atoms with Crippen LogP contribution in [0, 0.1) is 12.7 Å². The normalized spacial score (nSPS) is 11.5. The molecule has 0 saturated heterocycles. The average Bonchev–Trinajstić information content (AvgIpc) is 2.76. The molecule has 22 heavy (non-hydrogen) atoms. The van der Waals surface area contributed by atoms with E-state index in [2.05, 4.69) is 5.32 Å². The zero-order chi connectivity index (χ0) is 16.5. The third-order valence-corrected chi connectivity index (χ3v) is 3.42. The van der Waals surface area contributed by atoms with Gasteiger partial charge in [-0.05, 0) is 36.8 Å². The Hall–Kier alpha value is -2.31. The third kappa shape index (κ3) is 3.29. The number of carbonyl (C=O) groups excluding carboxylic acids is 1. The molecule has 0 unspecified atom stereocenters. The summed E-state index contributed by atoms with van der Waals surface area (Å²) in [5.74, 6) is -1.46. The van der Waals surface area contributed by atoms with Crippen LogP contribution < -0.4 is 5.32 Å². The van der Waals surface area contributed by atoms with Gasteiger partial charge in [0.25, 0.3) is 5.91 Å². The predicted molar refractivity (Wildman–Crippen MR) is 72.7 cm³/mol. The minimum Gasteiger partial charge on any atom is -0.347 e. The lowest BCUT2D eigenvalue weighted by Gasteiger charge is -2.14. The first-order chi connectivity index (χ1) is 10.2. The van der Waals surface area contributed by atoms with Crippen molar-refractivity contribution in [2.45, 2.75) is 19.6 Å². The quantitative estimate of drug-likeness (QED) is 0.866. The van der Waals surface area contributed by atoms with Crippen molar-refractivity contribution in [2.75, 3.05) is 0 Å². The Morgan fingerprint density at radius 1 is 1.23 bits per heavy atom. The van der Waals surface area contributed by atoms with Crippen LogP contribution in [0.3, 0.4) is 0 Å². The van der Waals surface area contributed by atoms with Crippen LogP contribution in [-0.2, 0) is 19.8 Å². The Labute approximate surface area is 124 Å². The third-order valence-electron chi connectivity index (χ3n) is 3.42. The van der Waals surface area contributed by atoms with Crippen molar-refractivity contribution >= 4 is 5.91 Å². The molecule has 1 amide bonds. The van der Waals surface area contributed by atoms with Crippen LogP contribution in [-0.4, -0.2) is 10.5 Å². The van der Waals surface area contributed by atoms with Crippen LogP contribution in [0.25, 0.3) is 0 Å². The maximum atomic E-state index is 13.0. The van der Waals surface area contributed by atoms with Gasteiger partial charge in [-0.25, -0.2) is 4.39 Å². The number of hydrogen-bond acceptors (Lipinski definition) is 1. The average molecular weight is 314 g/mol. The Kier molecular flexibility index (Phi) is 4.25. The predicted octanol–water partition coefficient (Wildman–Crippen LogP) is 3.42. The van der Waals surface area contributed by atoms with Gasteiger partial charge in [0.2, 0.25) is 0 Å². The second kappa shape index (κ2) is 5.82. The van der Waals surface area contributed by atoms with Crippen molar-refractivity contribution in [3.63, 3.8) is 0 Å². The van der Waals surface area contributed by atoms with Gasteiger partial charge in [0.15, 0.2) is 0 Å². The molecule has 118 valence electrons. The van der Waals surface area contributed by atoms with Gasteiger partial charge in [-0.1, -0.05) is 6.07 Å². The van der Waals surface area contributed by atoms with Crippen LogP contribution in [0.2, 0.25) is 0 Å². The van der Waals surface area contributed by atoms with Crippen molar-refractivity contribution in [2.24, 2.45) is 7.05 Å². The monoisotopic (exact) mass is 314 g/mol. The molecule has 0 aliphatic carbocycles. The molecular weight excluding hydrogens is 300 g/mol. The summed E-state index contributed by atoms with van der Waals surface area (Å²) in [4.78, 5) is 12.0. The highest BCUT2D eigenvalue weighted by Crippen LogP contribution is 2.32. The summed E-state index contributed by atoms with van der Waals surface area (Å²) < 4.78 is 53.2. The number of aryl methyl sites for hydroxylation is 1. The lowest BCUT2D eigenvalue weighted by molar-refractivity contribution is -0.138. The van der Waals surface area contributed by atoms with Crippen LogP contribution in [0.5, 0.6) is 0 Å². The first-order valence-electron chi connectivity index (χ1n) is 6.46. The molecular formula is C15H14F4N2O. The molecule has 0 bridgehead atoms. The smallest absolute Gasteiger partial charge is 0.347 e. The number of carbonyl (C=O) groups is 1. The molecule has 0 saturated carbocycles. The number of aromatic nitrogens is 1. The minimum absolute atomic E-state index is 0.187. The van der Waals surface area contributed by atoms with E-state index >= 15 is 0 Å². The van der Waals surface area contributed by atoms with E-state index in [1.165, 1.54) is 0 Å². The first-order valence-corrected chi connectivity index (χ1v) is 6.46. The zero-order valence-corrected chi connectivity index (χ0v) is 12.0. The number of amides is 1. The van der Waals surface area contributed by atoms with Gasteiger partial charge in [-0.3, -0.25) is 4.79 Å². The van der Waals surface area contributed by atoms with E-state index in [4.69, 9.17) is 0 Å². The molecule has 0 atom stereocenters. The van der Waals surface area contributed by atoms with E-state index in [9.17, 15) is 22.4 Å². The Bertz CT molecular complexity index is 704. The summed E-state index contributed by atoms with van der Waals surface area (Å²) in [6.45, 7) is 1.47. The maximum absolute atomic E-state index is 13.0. The summed E-state index contributed by atoms with van der Waals surface area (Å²) in [7, 11) is 1.68. The van der Waals surface area contributed by atoms with E-state index < -0.39 is 23.5 Å². The summed E-state index contributed by atoms with van der Waals surface area (Å²) in [6.07, 6.45) is -4.68. The summed E-state index contributed by atoms with van der Waals surface area (Å²) in [5, 5.41) is 2.42. The molecule has 3 nitrogen and oxygen atoms in total. The van der Waals surface area contributed by atoms with Gasteiger partial charge in [-0.2, -0.15) is 13.2 Å². The van der Waals surface area contributed by atoms with E-state index in [0.29, 0.717) is 11.8 Å². The fraction of sp³-hybridized carbons (Fsp3) is 0.267. The highest BCUT2D eigenvalue weighted by molar-refractivity contribution is 5.92. The van der Waals surface area contributed by atoms with Gasteiger partial charge in [0.1, 0.15) is 11.5 Å². The van der Waals surface area contributed by atoms with Gasteiger partial charge in [0.05, 0.1) is 5.56 Å². The SMILES string of the molecule is Cc1ccc(C(=O)NCc2ccc(F)cc2C(F)(F)F)n1C. The maximum Gasteiger partial charge on any atom is 0.416 e. The molecule has 2 rings (SSSR count). The van der Waals surface area contributed by atoms with Crippen molar-refractivity contribution in [1.82, 2.24) is 9.88 Å². The summed E-state index contributed by atoms with van der Waals surface area (Å²) in [6, 6.07) is 5.69. The molecule has 0 spiro atoms. The standard InChI is InChI=1S/C15H14F4N2O/c1-9-3-6-13(21(9)2)14(22)20-8-10-4-5-11(16)7-12(10)15(17,18)19/h3-7H,8H2,1-2H3,(H,20,22). The molecule has 1 heterocycles. The van der Waals surface area contributed by atoms with E-state index in [1.807, 2.05) is 0 Å². The zero-order valence-electron chi connectivity index (χ0n) is 12.0. The molecule has 1 aromatic carbocycles. The topological polar surface area (TPSA) is 34.0 Å². The lowest BCUT2D eigenvalue weighted by Crippen LogP contribution is -2.26. The van der Waals surface area contributed by atoms with Crippen molar-refractivity contribution < 1.29 is 22.4 Å².